The van der Waals surface area contributed by atoms with Crippen LogP contribution in [0.5, 0.6) is 0 Å². The lowest BCUT2D eigenvalue weighted by atomic mass is 9.93. The van der Waals surface area contributed by atoms with Crippen LogP contribution in [0.15, 0.2) is 34.8 Å². The highest BCUT2D eigenvalue weighted by Crippen LogP contribution is 2.26. The quantitative estimate of drug-likeness (QED) is 0.753. The normalized spacial score (nSPS) is 11.8. The van der Waals surface area contributed by atoms with E-state index >= 15 is 0 Å². The first-order valence-electron chi connectivity index (χ1n) is 5.40. The summed E-state index contributed by atoms with van der Waals surface area (Å²) in [4.78, 5) is 0. The molecule has 90 valence electrons. The molecule has 0 aliphatic heterocycles. The predicted octanol–water partition coefficient (Wildman–Crippen LogP) is 4.59. The van der Waals surface area contributed by atoms with Gasteiger partial charge in [-0.25, -0.2) is 4.68 Å². The van der Waals surface area contributed by atoms with E-state index in [1.54, 1.807) is 4.68 Å². The maximum Gasteiger partial charge on any atom is 0.133 e. The molecule has 0 unspecified atom stereocenters. The number of hydrogen-bond acceptors (Lipinski definition) is 1. The van der Waals surface area contributed by atoms with E-state index in [1.807, 2.05) is 30.3 Å². The molecule has 0 radical (unpaired) electrons. The summed E-state index contributed by atoms with van der Waals surface area (Å²) >= 11 is 9.62. The van der Waals surface area contributed by atoms with Gasteiger partial charge < -0.3 is 0 Å². The summed E-state index contributed by atoms with van der Waals surface area (Å²) in [6.07, 6.45) is 0. The Morgan fingerprint density at radius 2 is 1.76 bits per heavy atom. The van der Waals surface area contributed by atoms with Gasteiger partial charge in [0.1, 0.15) is 5.15 Å². The molecule has 0 N–H and O–H groups in total. The molecule has 2 rings (SSSR count). The summed E-state index contributed by atoms with van der Waals surface area (Å²) in [6, 6.07) is 9.84. The SMILES string of the molecule is CC(C)(C)c1cc(Cl)n(-c2ccc(Br)cc2)n1. The molecule has 17 heavy (non-hydrogen) atoms. The van der Waals surface area contributed by atoms with Crippen molar-refractivity contribution in [1.29, 1.82) is 0 Å². The second-order valence-corrected chi connectivity index (χ2v) is 6.29. The van der Waals surface area contributed by atoms with Crippen LogP contribution in [0.25, 0.3) is 5.69 Å². The van der Waals surface area contributed by atoms with Gasteiger partial charge in [0.25, 0.3) is 0 Å². The highest BCUT2D eigenvalue weighted by molar-refractivity contribution is 9.10. The molecule has 0 bridgehead atoms. The van der Waals surface area contributed by atoms with E-state index in [4.69, 9.17) is 11.6 Å². The lowest BCUT2D eigenvalue weighted by Crippen LogP contribution is -2.12. The first-order valence-corrected chi connectivity index (χ1v) is 6.57. The van der Waals surface area contributed by atoms with E-state index in [-0.39, 0.29) is 5.41 Å². The third-order valence-corrected chi connectivity index (χ3v) is 3.30. The lowest BCUT2D eigenvalue weighted by molar-refractivity contribution is 0.560. The molecule has 2 nitrogen and oxygen atoms in total. The third kappa shape index (κ3) is 2.72. The van der Waals surface area contributed by atoms with Gasteiger partial charge in [0.2, 0.25) is 0 Å². The third-order valence-electron chi connectivity index (χ3n) is 2.51. The van der Waals surface area contributed by atoms with Crippen molar-refractivity contribution in [3.8, 4) is 5.69 Å². The Morgan fingerprint density at radius 1 is 1.18 bits per heavy atom. The van der Waals surface area contributed by atoms with Gasteiger partial charge in [-0.1, -0.05) is 48.3 Å². The Balaban J connectivity index is 2.46. The Hall–Kier alpha value is -0.800. The maximum atomic E-state index is 6.21. The van der Waals surface area contributed by atoms with E-state index in [0.29, 0.717) is 5.15 Å². The number of rotatable bonds is 1. The van der Waals surface area contributed by atoms with Crippen LogP contribution in [0.1, 0.15) is 26.5 Å². The summed E-state index contributed by atoms with van der Waals surface area (Å²) < 4.78 is 2.80. The van der Waals surface area contributed by atoms with Gasteiger partial charge >= 0.3 is 0 Å². The minimum Gasteiger partial charge on any atom is -0.222 e. The zero-order valence-corrected chi connectivity index (χ0v) is 12.4. The first kappa shape index (κ1) is 12.7. The number of benzene rings is 1. The number of nitrogens with zero attached hydrogens (tertiary/aromatic N) is 2. The second-order valence-electron chi connectivity index (χ2n) is 4.99. The molecule has 2 aromatic rings. The van der Waals surface area contributed by atoms with E-state index in [1.165, 1.54) is 0 Å². The first-order chi connectivity index (χ1) is 7.88. The fourth-order valence-electron chi connectivity index (χ4n) is 1.49. The lowest BCUT2D eigenvalue weighted by Gasteiger charge is -2.14. The second kappa shape index (κ2) is 4.46. The Kier molecular flexibility index (Phi) is 3.32. The van der Waals surface area contributed by atoms with Crippen molar-refractivity contribution >= 4 is 27.5 Å². The van der Waals surface area contributed by atoms with Crippen molar-refractivity contribution < 1.29 is 0 Å². The highest BCUT2D eigenvalue weighted by atomic mass is 79.9. The van der Waals surface area contributed by atoms with Crippen LogP contribution in [0, 0.1) is 0 Å². The van der Waals surface area contributed by atoms with Crippen LogP contribution < -0.4 is 0 Å². The molecular formula is C13H14BrClN2. The molecule has 0 spiro atoms. The fraction of sp³-hybridized carbons (Fsp3) is 0.308. The van der Waals surface area contributed by atoms with Crippen molar-refractivity contribution in [3.05, 3.63) is 45.7 Å². The van der Waals surface area contributed by atoms with Crippen molar-refractivity contribution in [2.75, 3.05) is 0 Å². The minimum atomic E-state index is 0.00422. The van der Waals surface area contributed by atoms with E-state index < -0.39 is 0 Å². The predicted molar refractivity (Wildman–Crippen MR) is 75.0 cm³/mol. The monoisotopic (exact) mass is 312 g/mol. The zero-order valence-electron chi connectivity index (χ0n) is 10.0. The van der Waals surface area contributed by atoms with Crippen LogP contribution in [0.3, 0.4) is 0 Å². The van der Waals surface area contributed by atoms with Crippen molar-refractivity contribution in [3.63, 3.8) is 0 Å². The topological polar surface area (TPSA) is 17.8 Å². The van der Waals surface area contributed by atoms with Gasteiger partial charge in [0.05, 0.1) is 11.4 Å². The van der Waals surface area contributed by atoms with Gasteiger partial charge in [-0.15, -0.1) is 0 Å². The average molecular weight is 314 g/mol. The molecule has 0 aliphatic rings. The van der Waals surface area contributed by atoms with Gasteiger partial charge in [-0.3, -0.25) is 0 Å². The largest absolute Gasteiger partial charge is 0.222 e. The molecule has 1 aromatic heterocycles. The smallest absolute Gasteiger partial charge is 0.133 e. The van der Waals surface area contributed by atoms with Crippen LogP contribution in [-0.2, 0) is 5.41 Å². The van der Waals surface area contributed by atoms with Gasteiger partial charge in [-0.05, 0) is 30.3 Å². The van der Waals surface area contributed by atoms with E-state index in [2.05, 4.69) is 41.8 Å². The molecule has 0 fully saturated rings. The maximum absolute atomic E-state index is 6.21. The molecule has 1 aromatic carbocycles. The summed E-state index contributed by atoms with van der Waals surface area (Å²) in [5.74, 6) is 0. The average Bonchev–Trinajstić information content (AvgIpc) is 2.61. The standard InChI is InChI=1S/C13H14BrClN2/c1-13(2,3)11-8-12(15)17(16-11)10-6-4-9(14)5-7-10/h4-8H,1-3H3. The summed E-state index contributed by atoms with van der Waals surface area (Å²) in [7, 11) is 0. The number of aromatic nitrogens is 2. The molecule has 0 saturated heterocycles. The molecule has 0 atom stereocenters. The van der Waals surface area contributed by atoms with Gasteiger partial charge in [-0.2, -0.15) is 5.10 Å². The van der Waals surface area contributed by atoms with Crippen molar-refractivity contribution in [1.82, 2.24) is 9.78 Å². The minimum absolute atomic E-state index is 0.00422. The Labute approximate surface area is 115 Å². The van der Waals surface area contributed by atoms with Crippen LogP contribution in [0.4, 0.5) is 0 Å². The van der Waals surface area contributed by atoms with Crippen LogP contribution in [-0.4, -0.2) is 9.78 Å². The fourth-order valence-corrected chi connectivity index (χ4v) is 1.99. The number of hydrogen-bond donors (Lipinski definition) is 0. The molecule has 0 amide bonds. The van der Waals surface area contributed by atoms with Crippen LogP contribution >= 0.6 is 27.5 Å². The molecular weight excluding hydrogens is 300 g/mol. The van der Waals surface area contributed by atoms with Gasteiger partial charge in [0.15, 0.2) is 0 Å². The summed E-state index contributed by atoms with van der Waals surface area (Å²) in [6.45, 7) is 6.37. The molecule has 0 aliphatic carbocycles. The molecule has 1 heterocycles. The Morgan fingerprint density at radius 3 is 2.24 bits per heavy atom. The summed E-state index contributed by atoms with van der Waals surface area (Å²) in [5, 5.41) is 5.19. The van der Waals surface area contributed by atoms with E-state index in [0.717, 1.165) is 15.9 Å². The molecule has 4 heteroatoms. The van der Waals surface area contributed by atoms with Crippen molar-refractivity contribution in [2.24, 2.45) is 0 Å². The van der Waals surface area contributed by atoms with Crippen molar-refractivity contribution in [2.45, 2.75) is 26.2 Å². The number of halogens is 2. The summed E-state index contributed by atoms with van der Waals surface area (Å²) in [5.41, 5.74) is 1.96. The molecule has 0 saturated carbocycles. The van der Waals surface area contributed by atoms with Gasteiger partial charge in [0, 0.05) is 9.89 Å². The zero-order chi connectivity index (χ0) is 12.6. The van der Waals surface area contributed by atoms with E-state index in [9.17, 15) is 0 Å². The highest BCUT2D eigenvalue weighted by Gasteiger charge is 2.19. The van der Waals surface area contributed by atoms with Crippen LogP contribution in [0.2, 0.25) is 5.15 Å². The Bertz CT molecular complexity index is 523.